The van der Waals surface area contributed by atoms with Crippen LogP contribution in [0, 0.1) is 12.3 Å². The van der Waals surface area contributed by atoms with E-state index in [1.54, 1.807) is 12.4 Å². The van der Waals surface area contributed by atoms with Gasteiger partial charge in [0.1, 0.15) is 0 Å². The van der Waals surface area contributed by atoms with Gasteiger partial charge in [0.2, 0.25) is 5.91 Å². The summed E-state index contributed by atoms with van der Waals surface area (Å²) < 4.78 is 0. The maximum atomic E-state index is 12.1. The van der Waals surface area contributed by atoms with Crippen molar-refractivity contribution < 1.29 is 4.79 Å². The van der Waals surface area contributed by atoms with Gasteiger partial charge in [-0.25, -0.2) is 0 Å². The Kier molecular flexibility index (Phi) is 6.60. The number of amides is 1. The zero-order valence-corrected chi connectivity index (χ0v) is 12.2. The predicted molar refractivity (Wildman–Crippen MR) is 77.7 cm³/mol. The third-order valence-electron chi connectivity index (χ3n) is 3.05. The number of nitrogens with zero attached hydrogens (tertiary/aromatic N) is 1. The molecule has 102 valence electrons. The molecule has 0 bridgehead atoms. The Labute approximate surface area is 120 Å². The summed E-state index contributed by atoms with van der Waals surface area (Å²) in [6.45, 7) is 5.61. The molecule has 2 heterocycles. The van der Waals surface area contributed by atoms with Crippen LogP contribution in [0.1, 0.15) is 18.9 Å². The largest absolute Gasteiger partial charge is 0.324 e. The van der Waals surface area contributed by atoms with E-state index < -0.39 is 0 Å². The number of hydrogen-bond acceptors (Lipinski definition) is 3. The van der Waals surface area contributed by atoms with E-state index in [2.05, 4.69) is 15.6 Å². The molecule has 1 aliphatic heterocycles. The smallest absolute Gasteiger partial charge is 0.231 e. The number of nitrogens with one attached hydrogen (secondary N) is 2. The molecule has 18 heavy (non-hydrogen) atoms. The minimum Gasteiger partial charge on any atom is -0.324 e. The average Bonchev–Trinajstić information content (AvgIpc) is 2.66. The Morgan fingerprint density at radius 2 is 2.17 bits per heavy atom. The van der Waals surface area contributed by atoms with E-state index in [9.17, 15) is 4.79 Å². The van der Waals surface area contributed by atoms with Crippen molar-refractivity contribution >= 4 is 36.4 Å². The highest BCUT2D eigenvalue weighted by molar-refractivity contribution is 5.95. The van der Waals surface area contributed by atoms with Crippen molar-refractivity contribution in [2.24, 2.45) is 5.41 Å². The molecule has 0 saturated carbocycles. The lowest BCUT2D eigenvalue weighted by atomic mass is 9.89. The first-order chi connectivity index (χ1) is 7.60. The van der Waals surface area contributed by atoms with E-state index in [0.29, 0.717) is 0 Å². The monoisotopic (exact) mass is 291 g/mol. The molecule has 1 atom stereocenters. The first kappa shape index (κ1) is 17.2. The summed E-state index contributed by atoms with van der Waals surface area (Å²) in [5.41, 5.74) is 1.54. The zero-order chi connectivity index (χ0) is 11.6. The fraction of sp³-hybridized carbons (Fsp3) is 0.500. The highest BCUT2D eigenvalue weighted by Crippen LogP contribution is 2.26. The van der Waals surface area contributed by atoms with E-state index >= 15 is 0 Å². The van der Waals surface area contributed by atoms with Gasteiger partial charge in [0.25, 0.3) is 0 Å². The number of carbonyl (C=O) groups is 1. The maximum Gasteiger partial charge on any atom is 0.231 e. The normalized spacial score (nSPS) is 21.7. The molecule has 6 heteroatoms. The Morgan fingerprint density at radius 1 is 1.44 bits per heavy atom. The first-order valence-electron chi connectivity index (χ1n) is 5.54. The van der Waals surface area contributed by atoms with Gasteiger partial charge in [-0.2, -0.15) is 0 Å². The maximum absolute atomic E-state index is 12.1. The summed E-state index contributed by atoms with van der Waals surface area (Å²) in [4.78, 5) is 16.1. The molecule has 0 radical (unpaired) electrons. The lowest BCUT2D eigenvalue weighted by molar-refractivity contribution is -0.123. The molecule has 4 nitrogen and oxygen atoms in total. The minimum absolute atomic E-state index is 0. The van der Waals surface area contributed by atoms with Gasteiger partial charge in [-0.05, 0) is 38.4 Å². The molecule has 2 N–H and O–H groups in total. The van der Waals surface area contributed by atoms with Crippen LogP contribution in [0.3, 0.4) is 0 Å². The second-order valence-corrected chi connectivity index (χ2v) is 4.69. The predicted octanol–water partition coefficient (Wildman–Crippen LogP) is 2.17. The van der Waals surface area contributed by atoms with Crippen LogP contribution in [0.15, 0.2) is 18.5 Å². The fourth-order valence-electron chi connectivity index (χ4n) is 1.92. The van der Waals surface area contributed by atoms with Crippen LogP contribution in [0.2, 0.25) is 0 Å². The van der Waals surface area contributed by atoms with Gasteiger partial charge in [0, 0.05) is 12.7 Å². The molecule has 1 aromatic heterocycles. The number of carbonyl (C=O) groups excluding carboxylic acids is 1. The molecule has 1 aromatic rings. The molecule has 1 saturated heterocycles. The molecule has 1 amide bonds. The van der Waals surface area contributed by atoms with E-state index in [-0.39, 0.29) is 36.1 Å². The van der Waals surface area contributed by atoms with Gasteiger partial charge < -0.3 is 10.6 Å². The highest BCUT2D eigenvalue weighted by atomic mass is 35.5. The van der Waals surface area contributed by atoms with Crippen LogP contribution >= 0.6 is 24.8 Å². The van der Waals surface area contributed by atoms with E-state index in [4.69, 9.17) is 0 Å². The molecule has 0 aromatic carbocycles. The number of pyridine rings is 1. The van der Waals surface area contributed by atoms with E-state index in [1.807, 2.05) is 19.9 Å². The highest BCUT2D eigenvalue weighted by Gasteiger charge is 2.36. The summed E-state index contributed by atoms with van der Waals surface area (Å²) in [6.07, 6.45) is 4.34. The Balaban J connectivity index is 0.00000144. The van der Waals surface area contributed by atoms with Crippen molar-refractivity contribution in [3.63, 3.8) is 0 Å². The van der Waals surface area contributed by atoms with Gasteiger partial charge in [-0.3, -0.25) is 9.78 Å². The topological polar surface area (TPSA) is 54.0 Å². The van der Waals surface area contributed by atoms with Crippen LogP contribution in [0.5, 0.6) is 0 Å². The molecule has 1 fully saturated rings. The summed E-state index contributed by atoms with van der Waals surface area (Å²) in [5, 5.41) is 6.14. The van der Waals surface area contributed by atoms with Crippen LogP contribution in [0.25, 0.3) is 0 Å². The number of aryl methyl sites for hydroxylation is 1. The van der Waals surface area contributed by atoms with Crippen molar-refractivity contribution in [2.75, 3.05) is 18.4 Å². The molecular formula is C12H19Cl2N3O. The first-order valence-corrected chi connectivity index (χ1v) is 5.54. The van der Waals surface area contributed by atoms with Gasteiger partial charge >= 0.3 is 0 Å². The summed E-state index contributed by atoms with van der Waals surface area (Å²) in [5.74, 6) is 0.0740. The van der Waals surface area contributed by atoms with Gasteiger partial charge in [-0.15, -0.1) is 24.8 Å². The van der Waals surface area contributed by atoms with E-state index in [1.165, 1.54) is 0 Å². The number of halogens is 2. The van der Waals surface area contributed by atoms with Crippen LogP contribution in [0.4, 0.5) is 5.69 Å². The summed E-state index contributed by atoms with van der Waals surface area (Å²) in [7, 11) is 0. The summed E-state index contributed by atoms with van der Waals surface area (Å²) >= 11 is 0. The third-order valence-corrected chi connectivity index (χ3v) is 3.05. The number of rotatable bonds is 2. The van der Waals surface area contributed by atoms with Crippen molar-refractivity contribution in [2.45, 2.75) is 20.3 Å². The molecular weight excluding hydrogens is 273 g/mol. The van der Waals surface area contributed by atoms with Crippen molar-refractivity contribution in [1.82, 2.24) is 10.3 Å². The van der Waals surface area contributed by atoms with Crippen LogP contribution in [-0.4, -0.2) is 24.0 Å². The van der Waals surface area contributed by atoms with E-state index in [0.717, 1.165) is 30.8 Å². The van der Waals surface area contributed by atoms with Crippen LogP contribution < -0.4 is 10.6 Å². The Morgan fingerprint density at radius 3 is 2.72 bits per heavy atom. The number of aromatic nitrogens is 1. The van der Waals surface area contributed by atoms with Gasteiger partial charge in [-0.1, -0.05) is 0 Å². The molecule has 1 aliphatic rings. The molecule has 0 aliphatic carbocycles. The van der Waals surface area contributed by atoms with Gasteiger partial charge in [0.15, 0.2) is 0 Å². The second kappa shape index (κ2) is 6.92. The summed E-state index contributed by atoms with van der Waals surface area (Å²) in [6, 6.07) is 1.93. The number of anilines is 1. The molecule has 0 spiro atoms. The SMILES string of the molecule is Cc1cncc(NC(=O)C2(C)CCNC2)c1.Cl.Cl. The van der Waals surface area contributed by atoms with Crippen molar-refractivity contribution in [1.29, 1.82) is 0 Å². The number of hydrogen-bond donors (Lipinski definition) is 2. The molecule has 2 rings (SSSR count). The lowest BCUT2D eigenvalue weighted by Crippen LogP contribution is -2.35. The lowest BCUT2D eigenvalue weighted by Gasteiger charge is -2.21. The second-order valence-electron chi connectivity index (χ2n) is 4.69. The average molecular weight is 292 g/mol. The Bertz CT molecular complexity index is 406. The van der Waals surface area contributed by atoms with Crippen LogP contribution in [-0.2, 0) is 4.79 Å². The third kappa shape index (κ3) is 3.83. The minimum atomic E-state index is -0.288. The van der Waals surface area contributed by atoms with Gasteiger partial charge in [0.05, 0.1) is 17.3 Å². The zero-order valence-electron chi connectivity index (χ0n) is 10.5. The molecule has 1 unspecified atom stereocenters. The fourth-order valence-corrected chi connectivity index (χ4v) is 1.92. The quantitative estimate of drug-likeness (QED) is 0.878. The van der Waals surface area contributed by atoms with Crippen molar-refractivity contribution in [3.8, 4) is 0 Å². The Hall–Kier alpha value is -0.840. The van der Waals surface area contributed by atoms with Crippen molar-refractivity contribution in [3.05, 3.63) is 24.0 Å². The standard InChI is InChI=1S/C12H17N3O.2ClH/c1-9-5-10(7-14-6-9)15-11(16)12(2)3-4-13-8-12;;/h5-7,13H,3-4,8H2,1-2H3,(H,15,16);2*1H.